The smallest absolute Gasteiger partial charge is 0.191 e. The van der Waals surface area contributed by atoms with Crippen LogP contribution in [0.1, 0.15) is 18.9 Å². The van der Waals surface area contributed by atoms with Gasteiger partial charge in [0.15, 0.2) is 15.8 Å². The lowest BCUT2D eigenvalue weighted by Crippen LogP contribution is -2.44. The van der Waals surface area contributed by atoms with Gasteiger partial charge in [-0.05, 0) is 31.0 Å². The van der Waals surface area contributed by atoms with Crippen LogP contribution in [0.25, 0.3) is 0 Å². The molecule has 9 heteroatoms. The molecule has 27 heavy (non-hydrogen) atoms. The number of ether oxygens (including phenoxy) is 1. The summed E-state index contributed by atoms with van der Waals surface area (Å²) in [7, 11) is -2.90. The molecule has 7 nitrogen and oxygen atoms in total. The van der Waals surface area contributed by atoms with E-state index in [2.05, 4.69) is 44.8 Å². The summed E-state index contributed by atoms with van der Waals surface area (Å²) in [5.74, 6) is 1.12. The highest BCUT2D eigenvalue weighted by Crippen LogP contribution is 2.17. The number of guanidine groups is 1. The molecule has 152 valence electrons. The van der Waals surface area contributed by atoms with Crippen LogP contribution in [-0.4, -0.2) is 64.8 Å². The molecule has 2 saturated heterocycles. The Labute approximate surface area is 178 Å². The molecule has 1 atom stereocenters. The minimum atomic E-state index is -2.90. The fraction of sp³-hybridized carbons (Fsp3) is 0.611. The number of hydrogen-bond donors (Lipinski definition) is 2. The summed E-state index contributed by atoms with van der Waals surface area (Å²) < 4.78 is 28.6. The fourth-order valence-corrected chi connectivity index (χ4v) is 4.90. The van der Waals surface area contributed by atoms with Crippen LogP contribution in [0, 0.1) is 0 Å². The van der Waals surface area contributed by atoms with E-state index >= 15 is 0 Å². The average Bonchev–Trinajstić information content (AvgIpc) is 2.99. The van der Waals surface area contributed by atoms with Crippen LogP contribution in [0.15, 0.2) is 29.3 Å². The number of aliphatic imine (C=N–C) groups is 1. The molecule has 1 aromatic rings. The summed E-state index contributed by atoms with van der Waals surface area (Å²) in [6.45, 7) is 6.70. The number of nitrogens with zero attached hydrogens (tertiary/aromatic N) is 2. The number of halogens is 1. The van der Waals surface area contributed by atoms with Gasteiger partial charge in [-0.15, -0.1) is 24.0 Å². The maximum Gasteiger partial charge on any atom is 0.191 e. The van der Waals surface area contributed by atoms with Crippen molar-refractivity contribution < 1.29 is 13.2 Å². The topological polar surface area (TPSA) is 83.0 Å². The first-order valence-electron chi connectivity index (χ1n) is 9.22. The monoisotopic (exact) mass is 508 g/mol. The van der Waals surface area contributed by atoms with Gasteiger partial charge in [-0.3, -0.25) is 0 Å². The van der Waals surface area contributed by atoms with Gasteiger partial charge >= 0.3 is 0 Å². The largest absolute Gasteiger partial charge is 0.378 e. The van der Waals surface area contributed by atoms with E-state index < -0.39 is 9.84 Å². The molecule has 1 unspecified atom stereocenters. The Balaban J connectivity index is 0.00000261. The third-order valence-corrected chi connectivity index (χ3v) is 6.42. The van der Waals surface area contributed by atoms with Crippen molar-refractivity contribution in [3.63, 3.8) is 0 Å². The van der Waals surface area contributed by atoms with E-state index in [9.17, 15) is 8.42 Å². The molecule has 2 fully saturated rings. The molecule has 2 aliphatic rings. The molecule has 0 bridgehead atoms. The fourth-order valence-electron chi connectivity index (χ4n) is 3.23. The van der Waals surface area contributed by atoms with E-state index in [-0.39, 0.29) is 41.5 Å². The third kappa shape index (κ3) is 6.79. The lowest BCUT2D eigenvalue weighted by molar-refractivity contribution is 0.122. The van der Waals surface area contributed by atoms with Gasteiger partial charge in [-0.2, -0.15) is 0 Å². The second-order valence-electron chi connectivity index (χ2n) is 6.71. The van der Waals surface area contributed by atoms with Gasteiger partial charge in [0.1, 0.15) is 0 Å². The van der Waals surface area contributed by atoms with Gasteiger partial charge in [0, 0.05) is 31.4 Å². The lowest BCUT2D eigenvalue weighted by atomic mass is 10.2. The van der Waals surface area contributed by atoms with Crippen molar-refractivity contribution in [2.45, 2.75) is 25.9 Å². The molecular weight excluding hydrogens is 479 g/mol. The molecule has 0 aliphatic carbocycles. The van der Waals surface area contributed by atoms with Crippen LogP contribution in [0.2, 0.25) is 0 Å². The molecule has 0 aromatic heterocycles. The molecule has 0 saturated carbocycles. The van der Waals surface area contributed by atoms with Crippen LogP contribution < -0.4 is 15.5 Å². The van der Waals surface area contributed by atoms with Crippen LogP contribution in [0.5, 0.6) is 0 Å². The summed E-state index contributed by atoms with van der Waals surface area (Å²) in [4.78, 5) is 6.93. The Hall–Kier alpha value is -1.07. The van der Waals surface area contributed by atoms with Crippen molar-refractivity contribution in [1.82, 2.24) is 10.6 Å². The Morgan fingerprint density at radius 3 is 2.56 bits per heavy atom. The molecule has 2 aliphatic heterocycles. The van der Waals surface area contributed by atoms with Crippen molar-refractivity contribution in [3.8, 4) is 0 Å². The first kappa shape index (κ1) is 22.2. The van der Waals surface area contributed by atoms with Crippen LogP contribution in [0.3, 0.4) is 0 Å². The zero-order valence-corrected chi connectivity index (χ0v) is 18.8. The number of morpholine rings is 1. The highest BCUT2D eigenvalue weighted by atomic mass is 127. The lowest BCUT2D eigenvalue weighted by Gasteiger charge is -2.28. The summed E-state index contributed by atoms with van der Waals surface area (Å²) in [6, 6.07) is 8.39. The van der Waals surface area contributed by atoms with Crippen molar-refractivity contribution in [2.75, 3.05) is 49.3 Å². The van der Waals surface area contributed by atoms with Crippen molar-refractivity contribution >= 4 is 45.5 Å². The normalized spacial score (nSPS) is 22.2. The van der Waals surface area contributed by atoms with Crippen molar-refractivity contribution in [3.05, 3.63) is 29.8 Å². The van der Waals surface area contributed by atoms with Crippen LogP contribution in [0.4, 0.5) is 5.69 Å². The summed E-state index contributed by atoms with van der Waals surface area (Å²) in [6.07, 6.45) is 0.640. The Kier molecular flexibility index (Phi) is 8.62. The van der Waals surface area contributed by atoms with Gasteiger partial charge in [0.25, 0.3) is 0 Å². The number of hydrogen-bond acceptors (Lipinski definition) is 5. The van der Waals surface area contributed by atoms with Gasteiger partial charge in [0.05, 0.1) is 31.3 Å². The quantitative estimate of drug-likeness (QED) is 0.356. The predicted molar refractivity (Wildman–Crippen MR) is 120 cm³/mol. The number of sulfone groups is 1. The van der Waals surface area contributed by atoms with Crippen LogP contribution >= 0.6 is 24.0 Å². The summed E-state index contributed by atoms with van der Waals surface area (Å²) in [5, 5.41) is 6.44. The minimum absolute atomic E-state index is 0. The summed E-state index contributed by atoms with van der Waals surface area (Å²) >= 11 is 0. The second kappa shape index (κ2) is 10.5. The number of anilines is 1. The molecule has 1 aromatic carbocycles. The molecular formula is C18H29IN4O3S. The molecule has 2 heterocycles. The van der Waals surface area contributed by atoms with Gasteiger partial charge in [-0.1, -0.05) is 12.1 Å². The molecule has 0 radical (unpaired) electrons. The first-order chi connectivity index (χ1) is 12.6. The maximum atomic E-state index is 11.6. The zero-order valence-electron chi connectivity index (χ0n) is 15.7. The third-order valence-electron chi connectivity index (χ3n) is 4.65. The Morgan fingerprint density at radius 2 is 1.96 bits per heavy atom. The van der Waals surface area contributed by atoms with Crippen molar-refractivity contribution in [1.29, 1.82) is 0 Å². The Morgan fingerprint density at radius 1 is 1.26 bits per heavy atom. The van der Waals surface area contributed by atoms with E-state index in [4.69, 9.17) is 4.74 Å². The highest BCUT2D eigenvalue weighted by molar-refractivity contribution is 14.0. The van der Waals surface area contributed by atoms with E-state index in [1.165, 1.54) is 5.69 Å². The zero-order chi connectivity index (χ0) is 18.4. The first-order valence-corrected chi connectivity index (χ1v) is 11.0. The Bertz CT molecular complexity index is 719. The van der Waals surface area contributed by atoms with Crippen molar-refractivity contribution in [2.24, 2.45) is 4.99 Å². The van der Waals surface area contributed by atoms with E-state index in [0.717, 1.165) is 38.4 Å². The van der Waals surface area contributed by atoms with Gasteiger partial charge in [-0.25, -0.2) is 13.4 Å². The van der Waals surface area contributed by atoms with Gasteiger partial charge in [0.2, 0.25) is 0 Å². The SMILES string of the molecule is CCNC(=NCc1ccc(N2CCOCC2)cc1)NC1CCS(=O)(=O)C1.I. The molecule has 2 N–H and O–H groups in total. The molecule has 0 spiro atoms. The van der Waals surface area contributed by atoms with Gasteiger partial charge < -0.3 is 20.3 Å². The molecule has 0 amide bonds. The second-order valence-corrected chi connectivity index (χ2v) is 8.93. The van der Waals surface area contributed by atoms with E-state index in [1.807, 2.05) is 6.92 Å². The minimum Gasteiger partial charge on any atom is -0.378 e. The number of nitrogens with one attached hydrogen (secondary N) is 2. The number of rotatable bonds is 5. The van der Waals surface area contributed by atoms with E-state index in [0.29, 0.717) is 18.9 Å². The number of benzene rings is 1. The van der Waals surface area contributed by atoms with E-state index in [1.54, 1.807) is 0 Å². The maximum absolute atomic E-state index is 11.6. The molecule has 3 rings (SSSR count). The summed E-state index contributed by atoms with van der Waals surface area (Å²) in [5.41, 5.74) is 2.33. The standard InChI is InChI=1S/C18H28N4O3S.HI/c1-2-19-18(21-16-7-12-26(23,24)14-16)20-13-15-3-5-17(6-4-15)22-8-10-25-11-9-22;/h3-6,16H,2,7-14H2,1H3,(H2,19,20,21);1H. The van der Waals surface area contributed by atoms with Crippen LogP contribution in [-0.2, 0) is 21.1 Å². The highest BCUT2D eigenvalue weighted by Gasteiger charge is 2.28. The predicted octanol–water partition coefficient (Wildman–Crippen LogP) is 1.38. The average molecular weight is 508 g/mol.